The van der Waals surface area contributed by atoms with Gasteiger partial charge in [-0.25, -0.2) is 19.9 Å². The second-order valence-electron chi connectivity index (χ2n) is 40.1. The molecule has 8 aromatic heterocycles. The summed E-state index contributed by atoms with van der Waals surface area (Å²) in [6.45, 7) is 54.2. The molecule has 0 aliphatic carbocycles. The van der Waals surface area contributed by atoms with Gasteiger partial charge in [0.05, 0.1) is 34.0 Å². The maximum Gasteiger partial charge on any atom is 2.00 e. The fraction of sp³-hybridized carbons (Fsp3) is 0.282. The topological polar surface area (TPSA) is 144 Å². The van der Waals surface area contributed by atoms with E-state index in [1.807, 2.05) is 30.5 Å². The molecule has 11 nitrogen and oxygen atoms in total. The van der Waals surface area contributed by atoms with E-state index in [9.17, 15) is 0 Å². The first-order valence-electron chi connectivity index (χ1n) is 42.8. The van der Waals surface area contributed by atoms with Crippen molar-refractivity contribution in [1.29, 1.82) is 0 Å². The van der Waals surface area contributed by atoms with Crippen LogP contribution < -0.4 is 29.7 Å². The van der Waals surface area contributed by atoms with E-state index in [-0.39, 0.29) is 80.1 Å². The van der Waals surface area contributed by atoms with Crippen LogP contribution in [0, 0.1) is 41.5 Å². The zero-order valence-corrected chi connectivity index (χ0v) is 82.2. The molecule has 16 bridgehead atoms. The Morgan fingerprint density at radius 1 is 0.272 bits per heavy atom. The number of aryl methyl sites for hydroxylation is 6. The van der Waals surface area contributed by atoms with Crippen LogP contribution in [-0.2, 0) is 69.0 Å². The van der Waals surface area contributed by atoms with Crippen LogP contribution in [0.25, 0.3) is 170 Å². The predicted octanol–water partition coefficient (Wildman–Crippen LogP) is 29.1. The van der Waals surface area contributed by atoms with Crippen LogP contribution in [0.3, 0.4) is 0 Å². The fourth-order valence-corrected chi connectivity index (χ4v) is 18.3. The molecule has 0 unspecified atom stereocenters. The van der Waals surface area contributed by atoms with Crippen LogP contribution >= 0.6 is 23.4 Å². The Labute approximate surface area is 769 Å². The van der Waals surface area contributed by atoms with Crippen LogP contribution in [0.15, 0.2) is 169 Å². The zero-order chi connectivity index (χ0) is 87.4. The molecule has 633 valence electrons. The molecular formula is C110H108ClCuN10OSZn-3. The summed E-state index contributed by atoms with van der Waals surface area (Å²) in [6.07, 6.45) is 14.8. The second kappa shape index (κ2) is 32.9. The van der Waals surface area contributed by atoms with Gasteiger partial charge >= 0.3 is 19.5 Å². The molecule has 0 fully saturated rings. The summed E-state index contributed by atoms with van der Waals surface area (Å²) in [4.78, 5) is 56.0. The molecule has 0 saturated carbocycles. The van der Waals surface area contributed by atoms with Gasteiger partial charge in [-0.15, -0.1) is 55.2 Å². The summed E-state index contributed by atoms with van der Waals surface area (Å²) in [5, 5.41) is 0.588. The predicted molar refractivity (Wildman–Crippen MR) is 520 cm³/mol. The number of rotatable bonds is 10. The molecule has 17 rings (SSSR count). The van der Waals surface area contributed by atoms with E-state index < -0.39 is 0 Å². The van der Waals surface area contributed by atoms with Crippen LogP contribution in [0.1, 0.15) is 226 Å². The van der Waals surface area contributed by atoms with Crippen molar-refractivity contribution >= 4 is 115 Å². The van der Waals surface area contributed by atoms with Crippen LogP contribution in [0.2, 0.25) is 5.15 Å². The monoisotopic (exact) mass is 1780 g/mol. The van der Waals surface area contributed by atoms with Crippen molar-refractivity contribution in [2.75, 3.05) is 6.26 Å². The quantitative estimate of drug-likeness (QED) is 0.0556. The average molecular weight is 1780 g/mol. The van der Waals surface area contributed by atoms with Gasteiger partial charge in [-0.05, 0) is 257 Å². The molecule has 3 aliphatic rings. The van der Waals surface area contributed by atoms with Crippen molar-refractivity contribution < 1.29 is 41.3 Å². The summed E-state index contributed by atoms with van der Waals surface area (Å²) >= 11 is 9.17. The standard InChI is InChI=1S/C110H108ClN10OS.Cu.Zn/c1-59-46-61(3)92(62(4)47-59)98-86-32-30-76(112-86)77-31-33-87(113-77)99(93-63(5)48-60(2)49-64(93)6)89-43-45-91(119-89)100(90-44-42-88(98)118-90)101-102(111)120-104(123-25)121-103(101)122-75-28-26-65(27-29-75)94-78-34-36-80(114-78)95(66-50-69(105(7,8)9)56-70(51-66)106(10,11)12)82-38-40-84(116-82)97(68-54-73(109(19,20)21)58-74(55-68)110(22,23)24)85-41-39-83(117-85)96(81-37-35-79(94)115-81)67-52-71(107(13,14)15)57-72(53-67)108(16,17)18;;/h26-58H,1-25H3;;/q-5;;+2. The molecule has 0 saturated heterocycles. The Morgan fingerprint density at radius 2 is 0.528 bits per heavy atom. The number of hydrogen-bond donors (Lipinski definition) is 0. The average Bonchev–Trinajstić information content (AvgIpc) is 1.62. The number of nitrogens with zero attached hydrogens (tertiary/aromatic N) is 10. The van der Waals surface area contributed by atoms with E-state index in [1.165, 1.54) is 56.3 Å². The first-order valence-corrected chi connectivity index (χ1v) is 44.4. The van der Waals surface area contributed by atoms with Crippen molar-refractivity contribution in [3.63, 3.8) is 0 Å². The van der Waals surface area contributed by atoms with Crippen LogP contribution in [0.5, 0.6) is 11.6 Å². The molecule has 0 N–H and O–H groups in total. The van der Waals surface area contributed by atoms with Gasteiger partial charge < -0.3 is 29.7 Å². The van der Waals surface area contributed by atoms with E-state index in [2.05, 4.69) is 342 Å². The number of thioether (sulfide) groups is 1. The van der Waals surface area contributed by atoms with Gasteiger partial charge in [-0.1, -0.05) is 311 Å². The summed E-state index contributed by atoms with van der Waals surface area (Å²) < 4.78 is 7.32. The molecule has 3 aliphatic heterocycles. The maximum atomic E-state index is 7.79. The van der Waals surface area contributed by atoms with Crippen molar-refractivity contribution in [1.82, 2.24) is 49.8 Å². The number of benzene rings is 6. The van der Waals surface area contributed by atoms with Gasteiger partial charge in [-0.2, -0.15) is 4.98 Å². The molecule has 1 radical (unpaired) electrons. The zero-order valence-electron chi connectivity index (χ0n) is 76.7. The minimum absolute atomic E-state index is 0. The fourth-order valence-electron chi connectivity index (χ4n) is 17.6. The normalized spacial score (nSPS) is 12.8. The molecule has 6 aromatic carbocycles. The SMILES string of the molecule is CSc1nc(Cl)c(-c2c3ccc([n-]3)c(-c3c(C)cc(C)cc3C)c3nc(c4ccc([n-]4)c(-c4c(C)cc(C)cc4C)c4ccc2[n-]4)C=C3)c(Oc2ccc(-c3c4nc(c(-c5cc(C(C)(C)C)cc(C(C)(C)C)c5)c5ccc([n-]5)c(-c5cc(C(C)(C)C)cc(C(C)(C)C)c5)c5nc(c(-c6cc(C(C)(C)C)cc(C(C)(C)C)c6)c6ccc3[n-]6)C=C5)C=C4)cc2)n1.[Cu].[Zn+2]. The van der Waals surface area contributed by atoms with E-state index in [1.54, 1.807) is 0 Å². The van der Waals surface area contributed by atoms with Crippen LogP contribution in [-0.4, -0.2) is 31.2 Å². The molecule has 125 heavy (non-hydrogen) atoms. The van der Waals surface area contributed by atoms with Gasteiger partial charge in [0.2, 0.25) is 5.88 Å². The number of halogens is 1. The number of aromatic nitrogens is 10. The maximum absolute atomic E-state index is 7.79. The Morgan fingerprint density at radius 3 is 0.848 bits per heavy atom. The Hall–Kier alpha value is -10.7. The van der Waals surface area contributed by atoms with Crippen LogP contribution in [0.4, 0.5) is 0 Å². The minimum atomic E-state index is -0.195. The second-order valence-corrected chi connectivity index (χ2v) is 41.2. The molecule has 0 atom stereocenters. The summed E-state index contributed by atoms with van der Waals surface area (Å²) in [6, 6.07) is 59.4. The third-order valence-electron chi connectivity index (χ3n) is 24.3. The van der Waals surface area contributed by atoms with Gasteiger partial charge in [0.25, 0.3) is 0 Å². The van der Waals surface area contributed by atoms with Crippen molar-refractivity contribution in [2.24, 2.45) is 0 Å². The Kier molecular flexibility index (Phi) is 23.5. The van der Waals surface area contributed by atoms with E-state index in [0.29, 0.717) is 33.1 Å². The third-order valence-corrected chi connectivity index (χ3v) is 25.1. The molecule has 0 amide bonds. The van der Waals surface area contributed by atoms with E-state index in [4.69, 9.17) is 66.2 Å². The minimum Gasteiger partial charge on any atom is -0.657 e. The molecule has 11 heterocycles. The summed E-state index contributed by atoms with van der Waals surface area (Å²) in [7, 11) is 0. The number of hydrogen-bond acceptors (Lipinski definition) is 7. The first-order chi connectivity index (χ1) is 58.0. The summed E-state index contributed by atoms with van der Waals surface area (Å²) in [5.41, 5.74) is 37.4. The van der Waals surface area contributed by atoms with Gasteiger partial charge in [-0.3, -0.25) is 0 Å². The van der Waals surface area contributed by atoms with E-state index >= 15 is 0 Å². The van der Waals surface area contributed by atoms with Gasteiger partial charge in [0.1, 0.15) is 10.9 Å². The molecule has 0 spiro atoms. The van der Waals surface area contributed by atoms with Crippen molar-refractivity contribution in [3.05, 3.63) is 270 Å². The number of fused-ring (bicyclic) bond motifs is 17. The number of ether oxygens (including phenoxy) is 1. The van der Waals surface area contributed by atoms with Crippen molar-refractivity contribution in [3.8, 4) is 89.5 Å². The van der Waals surface area contributed by atoms with E-state index in [0.717, 1.165) is 167 Å². The van der Waals surface area contributed by atoms with Crippen molar-refractivity contribution in [2.45, 2.75) is 204 Å². The molecule has 14 aromatic rings. The first kappa shape index (κ1) is 89.1. The smallest absolute Gasteiger partial charge is 0.657 e. The Balaban J connectivity index is 0.00000604. The summed E-state index contributed by atoms with van der Waals surface area (Å²) in [5.74, 6) is 0.712. The molecular weight excluding hydrogens is 1670 g/mol. The van der Waals surface area contributed by atoms with Gasteiger partial charge in [0.15, 0.2) is 5.16 Å². The third kappa shape index (κ3) is 17.2. The Bertz CT molecular complexity index is 6940. The van der Waals surface area contributed by atoms with Gasteiger partial charge in [0, 0.05) is 22.8 Å². The largest absolute Gasteiger partial charge is 2.00 e. The molecule has 15 heteroatoms.